The number of carbonyl (C=O) groups is 4. The Hall–Kier alpha value is -4.53. The van der Waals surface area contributed by atoms with Crippen molar-refractivity contribution < 1.29 is 23.9 Å². The van der Waals surface area contributed by atoms with Crippen molar-refractivity contribution in [3.05, 3.63) is 82.4 Å². The molecule has 34 heavy (non-hydrogen) atoms. The van der Waals surface area contributed by atoms with Crippen LogP contribution < -0.4 is 10.2 Å². The summed E-state index contributed by atoms with van der Waals surface area (Å²) in [4.78, 5) is 54.9. The van der Waals surface area contributed by atoms with Crippen molar-refractivity contribution in [3.63, 3.8) is 0 Å². The maximum absolute atomic E-state index is 13.1. The van der Waals surface area contributed by atoms with Gasteiger partial charge in [-0.05, 0) is 68.3 Å². The molecule has 3 aromatic rings. The number of anilines is 1. The van der Waals surface area contributed by atoms with Gasteiger partial charge in [-0.1, -0.05) is 6.07 Å². The molecule has 0 bridgehead atoms. The third-order valence-electron chi connectivity index (χ3n) is 5.66. The molecule has 9 nitrogen and oxygen atoms in total. The van der Waals surface area contributed by atoms with Gasteiger partial charge in [-0.3, -0.25) is 19.9 Å². The molecule has 9 heteroatoms. The molecule has 0 aliphatic carbocycles. The SMILES string of the molecule is COC(=O)c1ccc(C)c(-n2c(C)cc(/C=C3\C(=O)NC(=O)N(c4ccncc4)C3=O)c2C)c1. The molecule has 4 amide bonds. The smallest absolute Gasteiger partial charge is 0.337 e. The minimum absolute atomic E-state index is 0.170. The Morgan fingerprint density at radius 1 is 1.03 bits per heavy atom. The van der Waals surface area contributed by atoms with Gasteiger partial charge in [0.05, 0.1) is 18.4 Å². The maximum atomic E-state index is 13.1. The summed E-state index contributed by atoms with van der Waals surface area (Å²) in [6, 6.07) is 9.29. The first-order chi connectivity index (χ1) is 16.2. The van der Waals surface area contributed by atoms with Crippen LogP contribution in [0, 0.1) is 20.8 Å². The topological polar surface area (TPSA) is 111 Å². The minimum Gasteiger partial charge on any atom is -0.465 e. The van der Waals surface area contributed by atoms with Gasteiger partial charge in [0.1, 0.15) is 5.57 Å². The van der Waals surface area contributed by atoms with Gasteiger partial charge in [-0.2, -0.15) is 0 Å². The quantitative estimate of drug-likeness (QED) is 0.365. The van der Waals surface area contributed by atoms with E-state index in [0.717, 1.165) is 27.5 Å². The predicted molar refractivity (Wildman–Crippen MR) is 125 cm³/mol. The Labute approximate surface area is 195 Å². The molecule has 0 atom stereocenters. The summed E-state index contributed by atoms with van der Waals surface area (Å²) in [5, 5.41) is 2.22. The van der Waals surface area contributed by atoms with Gasteiger partial charge >= 0.3 is 12.0 Å². The van der Waals surface area contributed by atoms with E-state index in [4.69, 9.17) is 4.74 Å². The van der Waals surface area contributed by atoms with Gasteiger partial charge in [-0.25, -0.2) is 14.5 Å². The minimum atomic E-state index is -0.820. The number of imide groups is 2. The van der Waals surface area contributed by atoms with Crippen LogP contribution in [-0.2, 0) is 14.3 Å². The Balaban J connectivity index is 1.79. The van der Waals surface area contributed by atoms with Crippen LogP contribution in [0.25, 0.3) is 11.8 Å². The van der Waals surface area contributed by atoms with Crippen molar-refractivity contribution in [1.29, 1.82) is 0 Å². The summed E-state index contributed by atoms with van der Waals surface area (Å²) in [6.45, 7) is 5.65. The number of nitrogens with one attached hydrogen (secondary N) is 1. The number of hydrogen-bond acceptors (Lipinski definition) is 6. The van der Waals surface area contributed by atoms with Crippen molar-refractivity contribution in [3.8, 4) is 5.69 Å². The van der Waals surface area contributed by atoms with Crippen molar-refractivity contribution in [2.45, 2.75) is 20.8 Å². The summed E-state index contributed by atoms with van der Waals surface area (Å²) in [5.41, 5.74) is 4.45. The van der Waals surface area contributed by atoms with Crippen LogP contribution in [-0.4, -0.2) is 40.5 Å². The van der Waals surface area contributed by atoms with E-state index in [-0.39, 0.29) is 5.57 Å². The first kappa shape index (κ1) is 22.7. The van der Waals surface area contributed by atoms with Crippen molar-refractivity contribution in [1.82, 2.24) is 14.9 Å². The fourth-order valence-corrected chi connectivity index (χ4v) is 3.94. The van der Waals surface area contributed by atoms with E-state index < -0.39 is 23.8 Å². The first-order valence-electron chi connectivity index (χ1n) is 10.4. The number of pyridine rings is 1. The second kappa shape index (κ2) is 8.78. The number of amides is 4. The molecular formula is C25H22N4O5. The van der Waals surface area contributed by atoms with Crippen LogP contribution in [0.1, 0.15) is 32.9 Å². The molecule has 4 rings (SSSR count). The zero-order chi connectivity index (χ0) is 24.6. The average molecular weight is 458 g/mol. The van der Waals surface area contributed by atoms with Gasteiger partial charge in [0.15, 0.2) is 0 Å². The number of aryl methyl sites for hydroxylation is 2. The highest BCUT2D eigenvalue weighted by Crippen LogP contribution is 2.27. The molecule has 0 unspecified atom stereocenters. The van der Waals surface area contributed by atoms with E-state index in [1.165, 1.54) is 37.7 Å². The lowest BCUT2D eigenvalue weighted by Crippen LogP contribution is -2.54. The van der Waals surface area contributed by atoms with Gasteiger partial charge in [-0.15, -0.1) is 0 Å². The number of barbiturate groups is 1. The van der Waals surface area contributed by atoms with E-state index >= 15 is 0 Å². The third kappa shape index (κ3) is 3.88. The Morgan fingerprint density at radius 2 is 1.74 bits per heavy atom. The predicted octanol–water partition coefficient (Wildman–Crippen LogP) is 3.25. The van der Waals surface area contributed by atoms with Gasteiger partial charge in [0.25, 0.3) is 11.8 Å². The van der Waals surface area contributed by atoms with E-state index in [9.17, 15) is 19.2 Å². The molecule has 1 aliphatic rings. The molecule has 3 heterocycles. The summed E-state index contributed by atoms with van der Waals surface area (Å²) in [6.07, 6.45) is 4.37. The van der Waals surface area contributed by atoms with E-state index in [2.05, 4.69) is 10.3 Å². The molecule has 1 fully saturated rings. The fourth-order valence-electron chi connectivity index (χ4n) is 3.94. The van der Waals surface area contributed by atoms with E-state index in [1.54, 1.807) is 12.1 Å². The summed E-state index contributed by atoms with van der Waals surface area (Å²) in [7, 11) is 1.32. The number of esters is 1. The molecule has 2 aromatic heterocycles. The summed E-state index contributed by atoms with van der Waals surface area (Å²) < 4.78 is 6.77. The lowest BCUT2D eigenvalue weighted by Gasteiger charge is -2.26. The van der Waals surface area contributed by atoms with Crippen molar-refractivity contribution >= 4 is 35.6 Å². The number of aromatic nitrogens is 2. The van der Waals surface area contributed by atoms with Gasteiger partial charge < -0.3 is 9.30 Å². The molecule has 1 N–H and O–H groups in total. The number of rotatable bonds is 4. The van der Waals surface area contributed by atoms with Crippen LogP contribution in [0.3, 0.4) is 0 Å². The third-order valence-corrected chi connectivity index (χ3v) is 5.66. The molecule has 0 spiro atoms. The number of hydrogen-bond donors (Lipinski definition) is 1. The molecule has 1 aromatic carbocycles. The van der Waals surface area contributed by atoms with Crippen LogP contribution in [0.15, 0.2) is 54.4 Å². The summed E-state index contributed by atoms with van der Waals surface area (Å²) in [5.74, 6) is -1.95. The van der Waals surface area contributed by atoms with Crippen LogP contribution in [0.4, 0.5) is 10.5 Å². The largest absolute Gasteiger partial charge is 0.465 e. The molecule has 172 valence electrons. The number of methoxy groups -OCH3 is 1. The van der Waals surface area contributed by atoms with E-state index in [0.29, 0.717) is 16.8 Å². The molecular weight excluding hydrogens is 436 g/mol. The second-order valence-corrected chi connectivity index (χ2v) is 7.82. The van der Waals surface area contributed by atoms with Gasteiger partial charge in [0.2, 0.25) is 0 Å². The van der Waals surface area contributed by atoms with Crippen molar-refractivity contribution in [2.24, 2.45) is 0 Å². The first-order valence-corrected chi connectivity index (χ1v) is 10.4. The Kier molecular flexibility index (Phi) is 5.85. The molecule has 1 saturated heterocycles. The Bertz CT molecular complexity index is 1370. The highest BCUT2D eigenvalue weighted by Gasteiger charge is 2.37. The Morgan fingerprint density at radius 3 is 2.41 bits per heavy atom. The lowest BCUT2D eigenvalue weighted by molar-refractivity contribution is -0.122. The summed E-state index contributed by atoms with van der Waals surface area (Å²) >= 11 is 0. The van der Waals surface area contributed by atoms with Crippen molar-refractivity contribution in [2.75, 3.05) is 12.0 Å². The second-order valence-electron chi connectivity index (χ2n) is 7.82. The van der Waals surface area contributed by atoms with Crippen LogP contribution >= 0.6 is 0 Å². The number of urea groups is 1. The maximum Gasteiger partial charge on any atom is 0.337 e. The molecule has 0 saturated carbocycles. The number of nitrogens with zero attached hydrogens (tertiary/aromatic N) is 3. The van der Waals surface area contributed by atoms with Crippen LogP contribution in [0.5, 0.6) is 0 Å². The standard InChI is InChI=1S/C25H22N4O5/c1-14-5-6-17(24(32)34-4)13-21(14)28-15(2)11-18(16(28)3)12-20-22(30)27-25(33)29(23(20)31)19-7-9-26-10-8-19/h5-13H,1-4H3,(H,27,30,33)/b20-12+. The average Bonchev–Trinajstić information content (AvgIpc) is 3.09. The van der Waals surface area contributed by atoms with Gasteiger partial charge in [0, 0.05) is 29.5 Å². The zero-order valence-corrected chi connectivity index (χ0v) is 19.1. The van der Waals surface area contributed by atoms with Crippen LogP contribution in [0.2, 0.25) is 0 Å². The molecule has 1 aliphatic heterocycles. The monoisotopic (exact) mass is 458 g/mol. The normalized spacial score (nSPS) is 15.0. The number of carbonyl (C=O) groups excluding carboxylic acids is 4. The number of ether oxygens (including phenoxy) is 1. The van der Waals surface area contributed by atoms with E-state index in [1.807, 2.05) is 37.5 Å². The number of benzene rings is 1. The fraction of sp³-hybridized carbons (Fsp3) is 0.160. The molecule has 0 radical (unpaired) electrons. The highest BCUT2D eigenvalue weighted by atomic mass is 16.5. The zero-order valence-electron chi connectivity index (χ0n) is 19.1. The lowest BCUT2D eigenvalue weighted by atomic mass is 10.1. The highest BCUT2D eigenvalue weighted by molar-refractivity contribution is 6.39.